The van der Waals surface area contributed by atoms with Crippen LogP contribution < -0.4 is 0 Å². The van der Waals surface area contributed by atoms with E-state index in [1.165, 1.54) is 0 Å². The van der Waals surface area contributed by atoms with Crippen LogP contribution >= 0.6 is 0 Å². The standard InChI is InChI=1S/C12H22O11/c13-3(9-5(15)7(17)11(19)22-9)1-21-2-4(14)10-6(16)8(18)12(20)23-10/h3-20H,1-2H2/t3-,4-,5+,6+,7-,8-,9-,10-,11+,12+/m1/s1. The Bertz CT molecular complexity index is 348. The van der Waals surface area contributed by atoms with E-state index in [9.17, 15) is 40.9 Å². The summed E-state index contributed by atoms with van der Waals surface area (Å²) in [6.07, 6.45) is -14.7. The molecule has 2 aliphatic rings. The lowest BCUT2D eigenvalue weighted by molar-refractivity contribution is -0.165. The maximum atomic E-state index is 9.79. The first-order valence-corrected chi connectivity index (χ1v) is 7.07. The molecular weight excluding hydrogens is 320 g/mol. The Kier molecular flexibility index (Phi) is 6.27. The van der Waals surface area contributed by atoms with Gasteiger partial charge in [0.25, 0.3) is 0 Å². The number of hydrogen-bond donors (Lipinski definition) is 8. The summed E-state index contributed by atoms with van der Waals surface area (Å²) in [6, 6.07) is 0. The van der Waals surface area contributed by atoms with Gasteiger partial charge in [-0.15, -0.1) is 0 Å². The first kappa shape index (κ1) is 18.9. The molecular formula is C12H22O11. The molecule has 0 bridgehead atoms. The van der Waals surface area contributed by atoms with Gasteiger partial charge in [-0.1, -0.05) is 0 Å². The Morgan fingerprint density at radius 2 is 1.00 bits per heavy atom. The summed E-state index contributed by atoms with van der Waals surface area (Å²) in [7, 11) is 0. The minimum Gasteiger partial charge on any atom is -0.388 e. The zero-order valence-electron chi connectivity index (χ0n) is 12.0. The average Bonchev–Trinajstić information content (AvgIpc) is 2.92. The highest BCUT2D eigenvalue weighted by Gasteiger charge is 2.46. The van der Waals surface area contributed by atoms with Crippen LogP contribution in [0, 0.1) is 0 Å². The summed E-state index contributed by atoms with van der Waals surface area (Å²) in [5, 5.41) is 75.8. The van der Waals surface area contributed by atoms with E-state index in [0.29, 0.717) is 0 Å². The van der Waals surface area contributed by atoms with Gasteiger partial charge in [-0.3, -0.25) is 0 Å². The van der Waals surface area contributed by atoms with Crippen LogP contribution in [-0.4, -0.2) is 115 Å². The summed E-state index contributed by atoms with van der Waals surface area (Å²) in [6.45, 7) is -0.821. The van der Waals surface area contributed by atoms with Gasteiger partial charge in [0.15, 0.2) is 12.6 Å². The third kappa shape index (κ3) is 3.97. The van der Waals surface area contributed by atoms with Gasteiger partial charge in [0.1, 0.15) is 48.8 Å². The van der Waals surface area contributed by atoms with Crippen molar-refractivity contribution in [3.8, 4) is 0 Å². The van der Waals surface area contributed by atoms with Crippen molar-refractivity contribution in [2.75, 3.05) is 13.2 Å². The van der Waals surface area contributed by atoms with Crippen molar-refractivity contribution in [1.82, 2.24) is 0 Å². The zero-order valence-corrected chi connectivity index (χ0v) is 12.0. The SMILES string of the molecule is O[C@@H]1[C@H](O)[C@@H]([C@H](O)COC[C@@H](O)[C@H]2O[C@H](O)[C@H](O)[C@@H]2O)O[C@@H]1O. The lowest BCUT2D eigenvalue weighted by atomic mass is 10.1. The fourth-order valence-corrected chi connectivity index (χ4v) is 2.51. The molecule has 11 nitrogen and oxygen atoms in total. The summed E-state index contributed by atoms with van der Waals surface area (Å²) in [4.78, 5) is 0. The molecule has 0 radical (unpaired) electrons. The van der Waals surface area contributed by atoms with Crippen LogP contribution in [0.3, 0.4) is 0 Å². The molecule has 2 aliphatic heterocycles. The van der Waals surface area contributed by atoms with Crippen LogP contribution in [0.15, 0.2) is 0 Å². The highest BCUT2D eigenvalue weighted by atomic mass is 16.7. The van der Waals surface area contributed by atoms with Crippen LogP contribution in [0.4, 0.5) is 0 Å². The molecule has 2 saturated heterocycles. The molecule has 136 valence electrons. The minimum absolute atomic E-state index is 0.411. The number of rotatable bonds is 6. The van der Waals surface area contributed by atoms with Crippen molar-refractivity contribution in [3.05, 3.63) is 0 Å². The predicted octanol–water partition coefficient (Wildman–Crippen LogP) is -5.40. The molecule has 8 N–H and O–H groups in total. The van der Waals surface area contributed by atoms with E-state index in [4.69, 9.17) is 14.2 Å². The molecule has 0 aromatic rings. The van der Waals surface area contributed by atoms with Crippen LogP contribution in [0.5, 0.6) is 0 Å². The molecule has 0 aromatic carbocycles. The number of hydrogen-bond acceptors (Lipinski definition) is 11. The third-order valence-electron chi connectivity index (χ3n) is 3.89. The van der Waals surface area contributed by atoms with E-state index in [1.54, 1.807) is 0 Å². The van der Waals surface area contributed by atoms with Crippen molar-refractivity contribution in [2.45, 2.75) is 61.4 Å². The number of aliphatic hydroxyl groups excluding tert-OH is 8. The predicted molar refractivity (Wildman–Crippen MR) is 68.6 cm³/mol. The van der Waals surface area contributed by atoms with Gasteiger partial charge in [-0.25, -0.2) is 0 Å². The van der Waals surface area contributed by atoms with E-state index in [-0.39, 0.29) is 0 Å². The second-order valence-corrected chi connectivity index (χ2v) is 5.62. The Labute approximate surface area is 130 Å². The fourth-order valence-electron chi connectivity index (χ4n) is 2.51. The van der Waals surface area contributed by atoms with Crippen molar-refractivity contribution >= 4 is 0 Å². The topological polar surface area (TPSA) is 190 Å². The lowest BCUT2D eigenvalue weighted by Crippen LogP contribution is -2.43. The molecule has 2 rings (SSSR count). The molecule has 0 aromatic heterocycles. The first-order chi connectivity index (χ1) is 10.7. The van der Waals surface area contributed by atoms with E-state index in [1.807, 2.05) is 0 Å². The summed E-state index contributed by atoms with van der Waals surface area (Å²) < 4.78 is 14.6. The van der Waals surface area contributed by atoms with Crippen molar-refractivity contribution < 1.29 is 55.1 Å². The molecule has 2 fully saturated rings. The molecule has 0 saturated carbocycles. The largest absolute Gasteiger partial charge is 0.388 e. The van der Waals surface area contributed by atoms with Gasteiger partial charge in [-0.05, 0) is 0 Å². The van der Waals surface area contributed by atoms with E-state index >= 15 is 0 Å². The number of ether oxygens (including phenoxy) is 3. The molecule has 0 amide bonds. The highest BCUT2D eigenvalue weighted by molar-refractivity contribution is 4.91. The zero-order chi connectivity index (χ0) is 17.3. The minimum atomic E-state index is -1.62. The average molecular weight is 342 g/mol. The lowest BCUT2D eigenvalue weighted by Gasteiger charge is -2.23. The van der Waals surface area contributed by atoms with Crippen LogP contribution in [0.25, 0.3) is 0 Å². The van der Waals surface area contributed by atoms with Crippen molar-refractivity contribution in [2.24, 2.45) is 0 Å². The molecule has 11 heteroatoms. The highest BCUT2D eigenvalue weighted by Crippen LogP contribution is 2.24. The maximum Gasteiger partial charge on any atom is 0.184 e. The molecule has 0 aliphatic carbocycles. The summed E-state index contributed by atoms with van der Waals surface area (Å²) in [5.41, 5.74) is 0. The molecule has 10 atom stereocenters. The summed E-state index contributed by atoms with van der Waals surface area (Å²) in [5.74, 6) is 0. The second-order valence-electron chi connectivity index (χ2n) is 5.62. The monoisotopic (exact) mass is 342 g/mol. The van der Waals surface area contributed by atoms with E-state index in [2.05, 4.69) is 0 Å². The van der Waals surface area contributed by atoms with Crippen LogP contribution in [0.2, 0.25) is 0 Å². The number of aliphatic hydroxyl groups is 8. The molecule has 0 spiro atoms. The Morgan fingerprint density at radius 1 is 0.652 bits per heavy atom. The van der Waals surface area contributed by atoms with Gasteiger partial charge in [0, 0.05) is 0 Å². The van der Waals surface area contributed by atoms with Crippen molar-refractivity contribution in [1.29, 1.82) is 0 Å². The van der Waals surface area contributed by atoms with Crippen LogP contribution in [0.1, 0.15) is 0 Å². The van der Waals surface area contributed by atoms with Crippen molar-refractivity contribution in [3.63, 3.8) is 0 Å². The van der Waals surface area contributed by atoms with Crippen LogP contribution in [-0.2, 0) is 14.2 Å². The van der Waals surface area contributed by atoms with Gasteiger partial charge < -0.3 is 55.1 Å². The Morgan fingerprint density at radius 3 is 1.26 bits per heavy atom. The fraction of sp³-hybridized carbons (Fsp3) is 1.00. The molecule has 23 heavy (non-hydrogen) atoms. The first-order valence-electron chi connectivity index (χ1n) is 7.07. The van der Waals surface area contributed by atoms with Gasteiger partial charge in [-0.2, -0.15) is 0 Å². The van der Waals surface area contributed by atoms with Gasteiger partial charge in [0.2, 0.25) is 0 Å². The quantitative estimate of drug-likeness (QED) is 0.230. The normalized spacial score (nSPS) is 47.0. The molecule has 2 heterocycles. The third-order valence-corrected chi connectivity index (χ3v) is 3.89. The van der Waals surface area contributed by atoms with E-state index < -0.39 is 74.6 Å². The Balaban J connectivity index is 1.74. The maximum absolute atomic E-state index is 9.79. The van der Waals surface area contributed by atoms with Gasteiger partial charge >= 0.3 is 0 Å². The summed E-state index contributed by atoms with van der Waals surface area (Å²) >= 11 is 0. The van der Waals surface area contributed by atoms with Gasteiger partial charge in [0.05, 0.1) is 13.2 Å². The second kappa shape index (κ2) is 7.63. The van der Waals surface area contributed by atoms with E-state index in [0.717, 1.165) is 0 Å². The smallest absolute Gasteiger partial charge is 0.184 e. The Hall–Kier alpha value is -0.440. The molecule has 0 unspecified atom stereocenters.